The lowest BCUT2D eigenvalue weighted by Gasteiger charge is -2.30. The molecule has 3 aromatic rings. The summed E-state index contributed by atoms with van der Waals surface area (Å²) >= 11 is 5.95. The molecule has 8 nitrogen and oxygen atoms in total. The molecule has 0 bridgehead atoms. The fourth-order valence-corrected chi connectivity index (χ4v) is 5.53. The highest BCUT2D eigenvalue weighted by atomic mass is 35.5. The van der Waals surface area contributed by atoms with Gasteiger partial charge in [-0.2, -0.15) is 0 Å². The fraction of sp³-hybridized carbons (Fsp3) is 0.200. The number of ether oxygens (including phenoxy) is 2. The van der Waals surface area contributed by atoms with Gasteiger partial charge in [0.15, 0.2) is 6.61 Å². The molecular formula is C25H23ClN2O6S. The van der Waals surface area contributed by atoms with Crippen LogP contribution in [0, 0.1) is 0 Å². The van der Waals surface area contributed by atoms with Crippen molar-refractivity contribution in [3.8, 4) is 5.75 Å². The first-order valence-electron chi connectivity index (χ1n) is 10.8. The fourth-order valence-electron chi connectivity index (χ4n) is 3.82. The van der Waals surface area contributed by atoms with Gasteiger partial charge in [0.2, 0.25) is 0 Å². The van der Waals surface area contributed by atoms with Gasteiger partial charge in [-0.3, -0.25) is 9.10 Å². The summed E-state index contributed by atoms with van der Waals surface area (Å²) in [6.45, 7) is -0.158. The summed E-state index contributed by atoms with van der Waals surface area (Å²) in [5, 5.41) is 2.98. The maximum absolute atomic E-state index is 13.2. The lowest BCUT2D eigenvalue weighted by Crippen LogP contribution is -2.35. The number of carbonyl (C=O) groups excluding carboxylic acids is 2. The van der Waals surface area contributed by atoms with E-state index >= 15 is 0 Å². The molecule has 1 heterocycles. The maximum atomic E-state index is 13.2. The Morgan fingerprint density at radius 1 is 1.06 bits per heavy atom. The van der Waals surface area contributed by atoms with Crippen molar-refractivity contribution in [1.82, 2.24) is 0 Å². The van der Waals surface area contributed by atoms with E-state index in [-0.39, 0.29) is 10.5 Å². The Morgan fingerprint density at radius 2 is 1.80 bits per heavy atom. The summed E-state index contributed by atoms with van der Waals surface area (Å²) in [6.07, 6.45) is 1.55. The molecule has 0 aromatic heterocycles. The largest absolute Gasteiger partial charge is 0.495 e. The zero-order valence-corrected chi connectivity index (χ0v) is 20.4. The van der Waals surface area contributed by atoms with E-state index in [1.807, 2.05) is 18.2 Å². The number of carbonyl (C=O) groups is 2. The van der Waals surface area contributed by atoms with Crippen molar-refractivity contribution in [3.63, 3.8) is 0 Å². The molecule has 0 atom stereocenters. The highest BCUT2D eigenvalue weighted by Crippen LogP contribution is 2.32. The van der Waals surface area contributed by atoms with Crippen LogP contribution >= 0.6 is 11.6 Å². The monoisotopic (exact) mass is 514 g/mol. The standard InChI is InChI=1S/C25H23ClN2O6S/c1-33-23-13-10-19(26)15-21(23)27-24(29)16-34-25(30)18-8-11-20(12-9-18)35(31,32)28-14-4-6-17-5-2-3-7-22(17)28/h2-3,5,7-13,15H,4,6,14,16H2,1H3,(H,27,29). The van der Waals surface area contributed by atoms with Gasteiger partial charge in [-0.15, -0.1) is 0 Å². The molecule has 0 aliphatic carbocycles. The number of anilines is 2. The first-order chi connectivity index (χ1) is 16.8. The van der Waals surface area contributed by atoms with E-state index in [4.69, 9.17) is 21.1 Å². The Balaban J connectivity index is 1.40. The van der Waals surface area contributed by atoms with Crippen LogP contribution in [-0.2, 0) is 26.0 Å². The number of halogens is 1. The van der Waals surface area contributed by atoms with Crippen LogP contribution in [0.25, 0.3) is 0 Å². The quantitative estimate of drug-likeness (QED) is 0.472. The van der Waals surface area contributed by atoms with Crippen molar-refractivity contribution >= 4 is 44.9 Å². The molecule has 0 radical (unpaired) electrons. The number of methoxy groups -OCH3 is 1. The number of fused-ring (bicyclic) bond motifs is 1. The van der Waals surface area contributed by atoms with Crippen molar-refractivity contribution in [1.29, 1.82) is 0 Å². The second-order valence-electron chi connectivity index (χ2n) is 7.80. The molecule has 1 aliphatic rings. The Labute approximate surface area is 208 Å². The molecule has 0 spiro atoms. The Hall–Kier alpha value is -3.56. The summed E-state index contributed by atoms with van der Waals surface area (Å²) in [5.41, 5.74) is 2.12. The average molecular weight is 515 g/mol. The number of hydrogen-bond acceptors (Lipinski definition) is 6. The van der Waals surface area contributed by atoms with E-state index in [9.17, 15) is 18.0 Å². The third-order valence-corrected chi connectivity index (χ3v) is 7.58. The van der Waals surface area contributed by atoms with Gasteiger partial charge in [0, 0.05) is 11.6 Å². The van der Waals surface area contributed by atoms with Crippen LogP contribution in [0.3, 0.4) is 0 Å². The van der Waals surface area contributed by atoms with E-state index in [2.05, 4.69) is 5.32 Å². The van der Waals surface area contributed by atoms with Crippen molar-refractivity contribution in [2.75, 3.05) is 29.9 Å². The van der Waals surface area contributed by atoms with E-state index < -0.39 is 28.5 Å². The van der Waals surface area contributed by atoms with Crippen LogP contribution in [0.1, 0.15) is 22.3 Å². The molecule has 0 unspecified atom stereocenters. The van der Waals surface area contributed by atoms with Gasteiger partial charge >= 0.3 is 5.97 Å². The zero-order chi connectivity index (χ0) is 25.0. The van der Waals surface area contributed by atoms with Gasteiger partial charge in [-0.05, 0) is 66.9 Å². The second kappa shape index (κ2) is 10.4. The Bertz CT molecular complexity index is 1360. The van der Waals surface area contributed by atoms with E-state index in [0.717, 1.165) is 18.4 Å². The summed E-state index contributed by atoms with van der Waals surface area (Å²) in [7, 11) is -2.34. The minimum Gasteiger partial charge on any atom is -0.495 e. The number of hydrogen-bond donors (Lipinski definition) is 1. The van der Waals surface area contributed by atoms with Gasteiger partial charge in [0.25, 0.3) is 15.9 Å². The first-order valence-corrected chi connectivity index (χ1v) is 12.6. The topological polar surface area (TPSA) is 102 Å². The predicted octanol–water partition coefficient (Wildman–Crippen LogP) is 4.29. The summed E-state index contributed by atoms with van der Waals surface area (Å²) in [5.74, 6) is -0.936. The van der Waals surface area contributed by atoms with Crippen LogP contribution in [0.15, 0.2) is 71.6 Å². The van der Waals surface area contributed by atoms with Crippen molar-refractivity contribution < 1.29 is 27.5 Å². The molecular weight excluding hydrogens is 492 g/mol. The van der Waals surface area contributed by atoms with E-state index in [1.54, 1.807) is 18.2 Å². The van der Waals surface area contributed by atoms with Crippen LogP contribution < -0.4 is 14.4 Å². The second-order valence-corrected chi connectivity index (χ2v) is 10.1. The average Bonchev–Trinajstić information content (AvgIpc) is 2.87. The number of nitrogens with zero attached hydrogens (tertiary/aromatic N) is 1. The summed E-state index contributed by atoms with van der Waals surface area (Å²) in [4.78, 5) is 24.7. The van der Waals surface area contributed by atoms with Gasteiger partial charge < -0.3 is 14.8 Å². The van der Waals surface area contributed by atoms with Crippen LogP contribution in [0.4, 0.5) is 11.4 Å². The highest BCUT2D eigenvalue weighted by molar-refractivity contribution is 7.92. The number of para-hydroxylation sites is 1. The van der Waals surface area contributed by atoms with Crippen molar-refractivity contribution in [3.05, 3.63) is 82.9 Å². The molecule has 1 N–H and O–H groups in total. The minimum absolute atomic E-state index is 0.0662. The molecule has 35 heavy (non-hydrogen) atoms. The smallest absolute Gasteiger partial charge is 0.338 e. The molecule has 182 valence electrons. The predicted molar refractivity (Wildman–Crippen MR) is 133 cm³/mol. The normalized spacial score (nSPS) is 13.0. The molecule has 0 saturated heterocycles. The maximum Gasteiger partial charge on any atom is 0.338 e. The Morgan fingerprint density at radius 3 is 2.54 bits per heavy atom. The SMILES string of the molecule is COc1ccc(Cl)cc1NC(=O)COC(=O)c1ccc(S(=O)(=O)N2CCCc3ccccc32)cc1. The number of sulfonamides is 1. The molecule has 1 amide bonds. The zero-order valence-electron chi connectivity index (χ0n) is 18.9. The molecule has 3 aromatic carbocycles. The van der Waals surface area contributed by atoms with E-state index in [1.165, 1.54) is 41.7 Å². The molecule has 0 saturated carbocycles. The number of aryl methyl sites for hydroxylation is 1. The van der Waals surface area contributed by atoms with Crippen LogP contribution in [-0.4, -0.2) is 40.6 Å². The van der Waals surface area contributed by atoms with Crippen LogP contribution in [0.5, 0.6) is 5.75 Å². The lowest BCUT2D eigenvalue weighted by atomic mass is 10.0. The third-order valence-electron chi connectivity index (χ3n) is 5.52. The molecule has 1 aliphatic heterocycles. The summed E-state index contributed by atoms with van der Waals surface area (Å²) < 4.78 is 38.1. The first kappa shape index (κ1) is 24.6. The number of esters is 1. The molecule has 10 heteroatoms. The van der Waals surface area contributed by atoms with Gasteiger partial charge in [0.1, 0.15) is 5.75 Å². The molecule has 4 rings (SSSR count). The third kappa shape index (κ3) is 5.41. The van der Waals surface area contributed by atoms with Crippen molar-refractivity contribution in [2.24, 2.45) is 0 Å². The minimum atomic E-state index is -3.79. The van der Waals surface area contributed by atoms with Gasteiger partial charge in [-0.1, -0.05) is 29.8 Å². The highest BCUT2D eigenvalue weighted by Gasteiger charge is 2.29. The molecule has 0 fully saturated rings. The Kier molecular flexibility index (Phi) is 7.28. The number of rotatable bonds is 7. The summed E-state index contributed by atoms with van der Waals surface area (Å²) in [6, 6.07) is 17.6. The number of amides is 1. The van der Waals surface area contributed by atoms with Gasteiger partial charge in [0.05, 0.1) is 28.9 Å². The van der Waals surface area contributed by atoms with Crippen molar-refractivity contribution in [2.45, 2.75) is 17.7 Å². The van der Waals surface area contributed by atoms with Gasteiger partial charge in [-0.25, -0.2) is 13.2 Å². The van der Waals surface area contributed by atoms with E-state index in [0.29, 0.717) is 28.7 Å². The van der Waals surface area contributed by atoms with Crippen LogP contribution in [0.2, 0.25) is 5.02 Å². The number of nitrogens with one attached hydrogen (secondary N) is 1. The number of benzene rings is 3. The lowest BCUT2D eigenvalue weighted by molar-refractivity contribution is -0.119.